The molecule has 0 aromatic carbocycles. The minimum absolute atomic E-state index is 0.133. The molecule has 0 aromatic rings. The lowest BCUT2D eigenvalue weighted by Crippen LogP contribution is -2.35. The van der Waals surface area contributed by atoms with Gasteiger partial charge in [0.25, 0.3) is 0 Å². The van der Waals surface area contributed by atoms with Crippen LogP contribution >= 0.6 is 0 Å². The Morgan fingerprint density at radius 2 is 2.00 bits per heavy atom. The van der Waals surface area contributed by atoms with Crippen LogP contribution in [0.25, 0.3) is 0 Å². The van der Waals surface area contributed by atoms with Gasteiger partial charge in [0, 0.05) is 36.2 Å². The van der Waals surface area contributed by atoms with Gasteiger partial charge in [-0.05, 0) is 5.92 Å². The van der Waals surface area contributed by atoms with Gasteiger partial charge >= 0.3 is 0 Å². The molecule has 4 nitrogen and oxygen atoms in total. The number of nitrogens with one attached hydrogen (secondary N) is 1. The van der Waals surface area contributed by atoms with Crippen LogP contribution < -0.4 is 5.32 Å². The second-order valence-electron chi connectivity index (χ2n) is 4.35. The van der Waals surface area contributed by atoms with E-state index in [4.69, 9.17) is 4.74 Å². The van der Waals surface area contributed by atoms with E-state index in [1.807, 2.05) is 20.8 Å². The molecule has 0 aliphatic carbocycles. The van der Waals surface area contributed by atoms with Crippen molar-refractivity contribution < 1.29 is 14.1 Å². The molecule has 2 N–H and O–H groups in total. The van der Waals surface area contributed by atoms with Crippen LogP contribution in [0.2, 0.25) is 0 Å². The Balaban J connectivity index is 3.69. The van der Waals surface area contributed by atoms with Crippen molar-refractivity contribution in [2.75, 3.05) is 32.6 Å². The second kappa shape index (κ2) is 9.10. The van der Waals surface area contributed by atoms with Gasteiger partial charge in [-0.15, -0.1) is 0 Å². The van der Waals surface area contributed by atoms with Crippen molar-refractivity contribution >= 4 is 10.8 Å². The first-order chi connectivity index (χ1) is 7.49. The highest BCUT2D eigenvalue weighted by Crippen LogP contribution is 2.09. The molecule has 0 saturated carbocycles. The van der Waals surface area contributed by atoms with Crippen molar-refractivity contribution in [2.24, 2.45) is 5.92 Å². The average molecular weight is 251 g/mol. The largest absolute Gasteiger partial charge is 0.391 e. The Morgan fingerprint density at radius 1 is 1.38 bits per heavy atom. The summed E-state index contributed by atoms with van der Waals surface area (Å²) in [4.78, 5) is 0. The zero-order valence-corrected chi connectivity index (χ0v) is 11.5. The maximum atomic E-state index is 11.8. The number of aliphatic hydroxyl groups excluding tert-OH is 1. The van der Waals surface area contributed by atoms with Gasteiger partial charge in [-0.2, -0.15) is 0 Å². The number of methoxy groups -OCH3 is 1. The number of aliphatic hydroxyl groups is 1. The van der Waals surface area contributed by atoms with E-state index in [9.17, 15) is 9.32 Å². The Morgan fingerprint density at radius 3 is 2.50 bits per heavy atom. The van der Waals surface area contributed by atoms with Crippen LogP contribution in [0.1, 0.15) is 20.8 Å². The molecule has 0 spiro atoms. The topological polar surface area (TPSA) is 58.6 Å². The second-order valence-corrected chi connectivity index (χ2v) is 6.19. The molecule has 0 saturated heterocycles. The number of hydrogen-bond donors (Lipinski definition) is 2. The molecular weight excluding hydrogens is 226 g/mol. The van der Waals surface area contributed by atoms with Crippen LogP contribution in [0, 0.1) is 5.92 Å². The number of rotatable bonds is 9. The number of hydrogen-bond acceptors (Lipinski definition) is 4. The van der Waals surface area contributed by atoms with Crippen LogP contribution in [0.4, 0.5) is 0 Å². The van der Waals surface area contributed by atoms with E-state index in [-0.39, 0.29) is 5.25 Å². The fourth-order valence-corrected chi connectivity index (χ4v) is 2.55. The molecule has 0 radical (unpaired) electrons. The fourth-order valence-electron chi connectivity index (χ4n) is 1.15. The molecule has 3 atom stereocenters. The van der Waals surface area contributed by atoms with Gasteiger partial charge in [-0.3, -0.25) is 4.21 Å². The third-order valence-corrected chi connectivity index (χ3v) is 4.66. The predicted molar refractivity (Wildman–Crippen MR) is 68.1 cm³/mol. The van der Waals surface area contributed by atoms with Crippen molar-refractivity contribution in [2.45, 2.75) is 32.1 Å². The van der Waals surface area contributed by atoms with Gasteiger partial charge in [0.1, 0.15) is 0 Å². The van der Waals surface area contributed by atoms with Crippen LogP contribution in [0.5, 0.6) is 0 Å². The standard InChI is InChI=1S/C11H25NO3S/c1-9(2)10(3)16(14)8-11(13)7-12-5-6-15-4/h9-13H,5-8H2,1-4H3. The molecule has 0 rings (SSSR count). The first kappa shape index (κ1) is 16.0. The van der Waals surface area contributed by atoms with Gasteiger partial charge in [0.15, 0.2) is 0 Å². The van der Waals surface area contributed by atoms with Gasteiger partial charge < -0.3 is 15.2 Å². The third-order valence-electron chi connectivity index (χ3n) is 2.57. The molecule has 0 bridgehead atoms. The van der Waals surface area contributed by atoms with Gasteiger partial charge in [0.05, 0.1) is 18.5 Å². The minimum atomic E-state index is -0.953. The van der Waals surface area contributed by atoms with Crippen molar-refractivity contribution in [3.63, 3.8) is 0 Å². The molecule has 16 heavy (non-hydrogen) atoms. The zero-order chi connectivity index (χ0) is 12.6. The quantitative estimate of drug-likeness (QED) is 0.582. The Labute approximate surface area is 101 Å². The molecule has 0 amide bonds. The van der Waals surface area contributed by atoms with E-state index < -0.39 is 16.9 Å². The molecule has 0 aliphatic heterocycles. The third kappa shape index (κ3) is 7.33. The summed E-state index contributed by atoms with van der Waals surface area (Å²) < 4.78 is 16.7. The van der Waals surface area contributed by atoms with Gasteiger partial charge in [-0.1, -0.05) is 20.8 Å². The highest BCUT2D eigenvalue weighted by atomic mass is 32.2. The SMILES string of the molecule is COCCNCC(O)CS(=O)C(C)C(C)C. The molecular formula is C11H25NO3S. The molecule has 3 unspecified atom stereocenters. The average Bonchev–Trinajstić information content (AvgIpc) is 2.23. The van der Waals surface area contributed by atoms with E-state index in [0.29, 0.717) is 31.4 Å². The van der Waals surface area contributed by atoms with Crippen LogP contribution in [-0.2, 0) is 15.5 Å². The lowest BCUT2D eigenvalue weighted by atomic mass is 10.2. The van der Waals surface area contributed by atoms with Crippen molar-refractivity contribution in [3.8, 4) is 0 Å². The molecule has 0 heterocycles. The molecule has 0 aromatic heterocycles. The maximum absolute atomic E-state index is 11.8. The van der Waals surface area contributed by atoms with Gasteiger partial charge in [-0.25, -0.2) is 0 Å². The van der Waals surface area contributed by atoms with Crippen molar-refractivity contribution in [1.82, 2.24) is 5.32 Å². The van der Waals surface area contributed by atoms with Crippen LogP contribution in [-0.4, -0.2) is 53.2 Å². The molecule has 98 valence electrons. The first-order valence-electron chi connectivity index (χ1n) is 5.74. The lowest BCUT2D eigenvalue weighted by Gasteiger charge is -2.18. The van der Waals surface area contributed by atoms with E-state index in [1.165, 1.54) is 0 Å². The Kier molecular flexibility index (Phi) is 9.12. The lowest BCUT2D eigenvalue weighted by molar-refractivity contribution is 0.174. The van der Waals surface area contributed by atoms with E-state index in [1.54, 1.807) is 7.11 Å². The monoisotopic (exact) mass is 251 g/mol. The fraction of sp³-hybridized carbons (Fsp3) is 1.00. The maximum Gasteiger partial charge on any atom is 0.0779 e. The van der Waals surface area contributed by atoms with Crippen molar-refractivity contribution in [3.05, 3.63) is 0 Å². The van der Waals surface area contributed by atoms with E-state index >= 15 is 0 Å². The summed E-state index contributed by atoms with van der Waals surface area (Å²) in [5, 5.41) is 12.8. The predicted octanol–water partition coefficient (Wildman–Crippen LogP) is 0.376. The molecule has 0 fully saturated rings. The van der Waals surface area contributed by atoms with E-state index in [0.717, 1.165) is 0 Å². The van der Waals surface area contributed by atoms with Crippen LogP contribution in [0.3, 0.4) is 0 Å². The smallest absolute Gasteiger partial charge is 0.0779 e. The summed E-state index contributed by atoms with van der Waals surface area (Å²) >= 11 is 0. The summed E-state index contributed by atoms with van der Waals surface area (Å²) in [5.74, 6) is 0.730. The molecule has 5 heteroatoms. The summed E-state index contributed by atoms with van der Waals surface area (Å²) in [6.45, 7) is 7.86. The first-order valence-corrected chi connectivity index (χ1v) is 7.12. The minimum Gasteiger partial charge on any atom is -0.391 e. The van der Waals surface area contributed by atoms with Gasteiger partial charge in [0.2, 0.25) is 0 Å². The number of ether oxygens (including phenoxy) is 1. The highest BCUT2D eigenvalue weighted by molar-refractivity contribution is 7.85. The zero-order valence-electron chi connectivity index (χ0n) is 10.7. The molecule has 0 aliphatic rings. The van der Waals surface area contributed by atoms with Crippen molar-refractivity contribution in [1.29, 1.82) is 0 Å². The summed E-state index contributed by atoms with van der Waals surface area (Å²) in [7, 11) is 0.683. The Bertz CT molecular complexity index is 200. The summed E-state index contributed by atoms with van der Waals surface area (Å²) in [6.07, 6.45) is -0.543. The summed E-state index contributed by atoms with van der Waals surface area (Å²) in [6, 6.07) is 0. The van der Waals surface area contributed by atoms with E-state index in [2.05, 4.69) is 5.32 Å². The highest BCUT2D eigenvalue weighted by Gasteiger charge is 2.18. The Hall–Kier alpha value is 0.0300. The normalized spacial score (nSPS) is 17.4. The van der Waals surface area contributed by atoms with Crippen LogP contribution in [0.15, 0.2) is 0 Å². The summed E-state index contributed by atoms with van der Waals surface area (Å²) in [5.41, 5.74) is 0.